The van der Waals surface area contributed by atoms with E-state index in [1.807, 2.05) is 51.1 Å². The molecule has 0 bridgehead atoms. The molecule has 0 fully saturated rings. The second-order valence-corrected chi connectivity index (χ2v) is 8.11. The first-order chi connectivity index (χ1) is 10.2. The molecule has 124 valence electrons. The third-order valence-corrected chi connectivity index (χ3v) is 5.33. The molecule has 0 heterocycles. The van der Waals surface area contributed by atoms with Crippen LogP contribution in [0, 0.1) is 5.41 Å². The fourth-order valence-electron chi connectivity index (χ4n) is 2.00. The van der Waals surface area contributed by atoms with E-state index in [1.54, 1.807) is 19.9 Å². The van der Waals surface area contributed by atoms with Gasteiger partial charge in [0.25, 0.3) is 0 Å². The van der Waals surface area contributed by atoms with Crippen LogP contribution < -0.4 is 0 Å². The average Bonchev–Trinajstić information content (AvgIpc) is 2.44. The van der Waals surface area contributed by atoms with Crippen LogP contribution in [0.5, 0.6) is 0 Å². The van der Waals surface area contributed by atoms with E-state index in [-0.39, 0.29) is 13.2 Å². The van der Waals surface area contributed by atoms with E-state index in [0.717, 1.165) is 5.56 Å². The minimum absolute atomic E-state index is 0.250. The normalized spacial score (nSPS) is 14.9. The van der Waals surface area contributed by atoms with Gasteiger partial charge in [0.15, 0.2) is 0 Å². The molecule has 1 rings (SSSR count). The lowest BCUT2D eigenvalue weighted by Gasteiger charge is -2.31. The van der Waals surface area contributed by atoms with Crippen molar-refractivity contribution < 1.29 is 18.7 Å². The summed E-state index contributed by atoms with van der Waals surface area (Å²) in [5.41, 5.74) is 0.366. The van der Waals surface area contributed by atoms with Gasteiger partial charge in [0.2, 0.25) is 0 Å². The van der Waals surface area contributed by atoms with Crippen molar-refractivity contribution in [1.29, 1.82) is 0 Å². The van der Waals surface area contributed by atoms with E-state index in [4.69, 9.17) is 9.05 Å². The zero-order valence-electron chi connectivity index (χ0n) is 14.1. The Morgan fingerprint density at radius 2 is 1.68 bits per heavy atom. The molecule has 1 atom stereocenters. The summed E-state index contributed by atoms with van der Waals surface area (Å²) in [6.07, 6.45) is 0.777. The SMILES string of the molecule is CCOP(=O)(OCC)/C(=C\c1ccccc1)C(O)C(C)(C)C. The minimum atomic E-state index is -3.54. The predicted octanol–water partition coefficient (Wildman–Crippen LogP) is 4.70. The third-order valence-electron chi connectivity index (χ3n) is 3.13. The maximum Gasteiger partial charge on any atom is 0.359 e. The fraction of sp³-hybridized carbons (Fsp3) is 0.529. The van der Waals surface area contributed by atoms with Crippen LogP contribution in [-0.2, 0) is 13.6 Å². The topological polar surface area (TPSA) is 55.8 Å². The second-order valence-electron chi connectivity index (χ2n) is 6.08. The summed E-state index contributed by atoms with van der Waals surface area (Å²) in [6.45, 7) is 9.68. The first kappa shape index (κ1) is 19.1. The van der Waals surface area contributed by atoms with Crippen LogP contribution in [0.2, 0.25) is 0 Å². The zero-order valence-corrected chi connectivity index (χ0v) is 15.0. The molecule has 0 aliphatic carbocycles. The molecule has 0 amide bonds. The quantitative estimate of drug-likeness (QED) is 0.738. The molecule has 0 spiro atoms. The number of rotatable bonds is 7. The average molecular weight is 326 g/mol. The van der Waals surface area contributed by atoms with E-state index in [9.17, 15) is 9.67 Å². The van der Waals surface area contributed by atoms with Gasteiger partial charge in [-0.25, -0.2) is 0 Å². The van der Waals surface area contributed by atoms with Gasteiger partial charge in [-0.3, -0.25) is 4.57 Å². The lowest BCUT2D eigenvalue weighted by molar-refractivity contribution is 0.0955. The lowest BCUT2D eigenvalue weighted by atomic mass is 9.88. The molecule has 1 N–H and O–H groups in total. The largest absolute Gasteiger partial charge is 0.388 e. The van der Waals surface area contributed by atoms with Gasteiger partial charge < -0.3 is 14.2 Å². The van der Waals surface area contributed by atoms with Crippen molar-refractivity contribution in [3.63, 3.8) is 0 Å². The van der Waals surface area contributed by atoms with Gasteiger partial charge in [-0.15, -0.1) is 0 Å². The molecule has 1 unspecified atom stereocenters. The van der Waals surface area contributed by atoms with E-state index < -0.39 is 19.1 Å². The molecule has 4 nitrogen and oxygen atoms in total. The van der Waals surface area contributed by atoms with Crippen molar-refractivity contribution >= 4 is 13.7 Å². The summed E-state index contributed by atoms with van der Waals surface area (Å²) in [5.74, 6) is 0. The summed E-state index contributed by atoms with van der Waals surface area (Å²) < 4.78 is 24.0. The molecular formula is C17H27O4P. The molecule has 0 saturated heterocycles. The fourth-order valence-corrected chi connectivity index (χ4v) is 4.04. The van der Waals surface area contributed by atoms with E-state index in [1.165, 1.54) is 0 Å². The maximum absolute atomic E-state index is 13.1. The number of aliphatic hydroxyl groups excluding tert-OH is 1. The highest BCUT2D eigenvalue weighted by Crippen LogP contribution is 2.59. The molecule has 0 aliphatic rings. The Balaban J connectivity index is 3.39. The molecule has 1 aromatic carbocycles. The van der Waals surface area contributed by atoms with Crippen molar-refractivity contribution in [2.24, 2.45) is 5.41 Å². The van der Waals surface area contributed by atoms with E-state index >= 15 is 0 Å². The summed E-state index contributed by atoms with van der Waals surface area (Å²) in [5, 5.41) is 11.0. The van der Waals surface area contributed by atoms with Crippen LogP contribution >= 0.6 is 7.60 Å². The summed E-state index contributed by atoms with van der Waals surface area (Å²) in [4.78, 5) is 0. The lowest BCUT2D eigenvalue weighted by Crippen LogP contribution is -2.28. The number of aliphatic hydroxyl groups is 1. The second kappa shape index (κ2) is 8.07. The Morgan fingerprint density at radius 1 is 1.18 bits per heavy atom. The van der Waals surface area contributed by atoms with Crippen molar-refractivity contribution in [2.75, 3.05) is 13.2 Å². The first-order valence-electron chi connectivity index (χ1n) is 7.59. The first-order valence-corrected chi connectivity index (χ1v) is 9.13. The molecule has 0 saturated carbocycles. The van der Waals surface area contributed by atoms with Gasteiger partial charge in [0.05, 0.1) is 24.6 Å². The van der Waals surface area contributed by atoms with Crippen molar-refractivity contribution in [2.45, 2.75) is 40.7 Å². The Hall–Kier alpha value is -0.930. The zero-order chi connectivity index (χ0) is 16.8. The molecule has 1 aromatic rings. The van der Waals surface area contributed by atoms with Crippen LogP contribution in [0.15, 0.2) is 35.6 Å². The Morgan fingerprint density at radius 3 is 2.09 bits per heavy atom. The number of hydrogen-bond acceptors (Lipinski definition) is 4. The van der Waals surface area contributed by atoms with Crippen LogP contribution in [-0.4, -0.2) is 24.4 Å². The van der Waals surface area contributed by atoms with Gasteiger partial charge in [0.1, 0.15) is 0 Å². The molecule has 0 aliphatic heterocycles. The summed E-state index contributed by atoms with van der Waals surface area (Å²) in [7, 11) is -3.54. The third kappa shape index (κ3) is 5.06. The van der Waals surface area contributed by atoms with Gasteiger partial charge in [-0.05, 0) is 30.9 Å². The van der Waals surface area contributed by atoms with Crippen LogP contribution in [0.25, 0.3) is 6.08 Å². The number of benzene rings is 1. The standard InChI is InChI=1S/C17H27O4P/c1-6-20-22(19,21-7-2)15(16(18)17(3,4)5)13-14-11-9-8-10-12-14/h8-13,16,18H,6-7H2,1-5H3/b15-13-. The van der Waals surface area contributed by atoms with Crippen LogP contribution in [0.1, 0.15) is 40.2 Å². The van der Waals surface area contributed by atoms with Gasteiger partial charge >= 0.3 is 7.60 Å². The monoisotopic (exact) mass is 326 g/mol. The van der Waals surface area contributed by atoms with Crippen molar-refractivity contribution in [3.8, 4) is 0 Å². The van der Waals surface area contributed by atoms with E-state index in [0.29, 0.717) is 5.31 Å². The van der Waals surface area contributed by atoms with Crippen molar-refractivity contribution in [1.82, 2.24) is 0 Å². The molecular weight excluding hydrogens is 299 g/mol. The van der Waals surface area contributed by atoms with Gasteiger partial charge in [-0.2, -0.15) is 0 Å². The molecule has 5 heteroatoms. The van der Waals surface area contributed by atoms with Crippen LogP contribution in [0.4, 0.5) is 0 Å². The Labute approximate surface area is 133 Å². The summed E-state index contributed by atoms with van der Waals surface area (Å²) >= 11 is 0. The predicted molar refractivity (Wildman–Crippen MR) is 90.7 cm³/mol. The summed E-state index contributed by atoms with van der Waals surface area (Å²) in [6, 6.07) is 9.45. The molecule has 0 radical (unpaired) electrons. The maximum atomic E-state index is 13.1. The van der Waals surface area contributed by atoms with Crippen molar-refractivity contribution in [3.05, 3.63) is 41.2 Å². The minimum Gasteiger partial charge on any atom is -0.388 e. The Kier molecular flexibility index (Phi) is 7.01. The Bertz CT molecular complexity index is 521. The smallest absolute Gasteiger partial charge is 0.359 e. The van der Waals surface area contributed by atoms with Gasteiger partial charge in [-0.1, -0.05) is 51.1 Å². The highest BCUT2D eigenvalue weighted by atomic mass is 31.2. The van der Waals surface area contributed by atoms with Crippen LogP contribution in [0.3, 0.4) is 0 Å². The van der Waals surface area contributed by atoms with E-state index in [2.05, 4.69) is 0 Å². The highest BCUT2D eigenvalue weighted by molar-refractivity contribution is 7.58. The number of hydrogen-bond donors (Lipinski definition) is 1. The molecule has 22 heavy (non-hydrogen) atoms. The molecule has 0 aromatic heterocycles. The van der Waals surface area contributed by atoms with Gasteiger partial charge in [0, 0.05) is 0 Å². The highest BCUT2D eigenvalue weighted by Gasteiger charge is 2.39.